The molecule has 0 bridgehead atoms. The number of aryl methyl sites for hydroxylation is 1. The highest BCUT2D eigenvalue weighted by atomic mass is 32.2. The van der Waals surface area contributed by atoms with Crippen molar-refractivity contribution >= 4 is 16.1 Å². The number of rotatable bonds is 8. The van der Waals surface area contributed by atoms with Crippen molar-refractivity contribution in [1.82, 2.24) is 0 Å². The molecule has 0 aromatic heterocycles. The van der Waals surface area contributed by atoms with Crippen LogP contribution in [-0.2, 0) is 19.0 Å². The van der Waals surface area contributed by atoms with Gasteiger partial charge in [0.1, 0.15) is 11.3 Å². The Morgan fingerprint density at radius 2 is 1.78 bits per heavy atom. The van der Waals surface area contributed by atoms with E-state index in [9.17, 15) is 18.3 Å². The molecule has 0 saturated heterocycles. The third kappa shape index (κ3) is 6.33. The van der Waals surface area contributed by atoms with E-state index >= 15 is 0 Å². The van der Waals surface area contributed by atoms with Crippen molar-refractivity contribution in [3.8, 4) is 17.6 Å². The number of esters is 1. The van der Waals surface area contributed by atoms with Crippen molar-refractivity contribution in [3.63, 3.8) is 0 Å². The topological polar surface area (TPSA) is 99.1 Å². The van der Waals surface area contributed by atoms with E-state index in [0.29, 0.717) is 11.3 Å². The lowest BCUT2D eigenvalue weighted by molar-refractivity contribution is 0.0597. The molecule has 32 heavy (non-hydrogen) atoms. The van der Waals surface area contributed by atoms with Gasteiger partial charge in [0.25, 0.3) is 10.1 Å². The third-order valence-corrected chi connectivity index (χ3v) is 6.41. The van der Waals surface area contributed by atoms with Gasteiger partial charge in [-0.15, -0.1) is 0 Å². The Labute approximate surface area is 189 Å². The van der Waals surface area contributed by atoms with Crippen LogP contribution in [0.15, 0.2) is 47.4 Å². The first-order chi connectivity index (χ1) is 15.0. The van der Waals surface area contributed by atoms with Crippen LogP contribution >= 0.6 is 0 Å². The minimum atomic E-state index is -3.95. The summed E-state index contributed by atoms with van der Waals surface area (Å²) in [4.78, 5) is 11.8. The highest BCUT2D eigenvalue weighted by Gasteiger charge is 2.30. The van der Waals surface area contributed by atoms with E-state index < -0.39 is 27.4 Å². The minimum absolute atomic E-state index is 0.0569. The zero-order valence-electron chi connectivity index (χ0n) is 18.8. The molecule has 2 rings (SSSR count). The van der Waals surface area contributed by atoms with E-state index in [2.05, 4.69) is 11.8 Å². The fourth-order valence-corrected chi connectivity index (χ4v) is 3.77. The molecule has 1 unspecified atom stereocenters. The van der Waals surface area contributed by atoms with Crippen LogP contribution in [-0.4, -0.2) is 46.9 Å². The van der Waals surface area contributed by atoms with E-state index in [4.69, 9.17) is 13.7 Å². The number of carbonyl (C=O) groups excluding carboxylic acids is 1. The molecule has 8 heteroatoms. The fourth-order valence-electron chi connectivity index (χ4n) is 2.82. The van der Waals surface area contributed by atoms with Gasteiger partial charge in [0.2, 0.25) is 0 Å². The number of methoxy groups -OCH3 is 2. The van der Waals surface area contributed by atoms with Crippen LogP contribution in [0.5, 0.6) is 5.75 Å². The molecular formula is C24H28O7S. The Morgan fingerprint density at radius 1 is 1.12 bits per heavy atom. The summed E-state index contributed by atoms with van der Waals surface area (Å²) in [5.41, 5.74) is 1.03. The molecule has 0 heterocycles. The first-order valence-electron chi connectivity index (χ1n) is 9.90. The SMILES string of the molecule is COC(=O)c1ccc(C#CC(C)(C)C(CO)COS(=O)(=O)c2ccc(C)cc2)cc1OC. The summed E-state index contributed by atoms with van der Waals surface area (Å²) >= 11 is 0. The van der Waals surface area contributed by atoms with Gasteiger partial charge in [0.15, 0.2) is 0 Å². The number of aliphatic hydroxyl groups excluding tert-OH is 1. The number of ether oxygens (including phenoxy) is 2. The van der Waals surface area contributed by atoms with E-state index in [1.54, 1.807) is 44.2 Å². The number of hydrogen-bond donors (Lipinski definition) is 1. The van der Waals surface area contributed by atoms with Gasteiger partial charge in [0.05, 0.1) is 25.7 Å². The molecule has 1 N–H and O–H groups in total. The van der Waals surface area contributed by atoms with Gasteiger partial charge in [-0.3, -0.25) is 4.18 Å². The Morgan fingerprint density at radius 3 is 2.34 bits per heavy atom. The standard InChI is InChI=1S/C24H28O7S/c1-17-6-9-20(10-7-17)32(27,28)31-16-19(15-25)24(2,3)13-12-18-8-11-21(23(26)30-5)22(14-18)29-4/h6-11,14,19,25H,15-16H2,1-5H3. The monoisotopic (exact) mass is 460 g/mol. The first kappa shape index (κ1) is 25.4. The third-order valence-electron chi connectivity index (χ3n) is 5.11. The summed E-state index contributed by atoms with van der Waals surface area (Å²) in [7, 11) is -1.23. The Hall–Kier alpha value is -2.86. The van der Waals surface area contributed by atoms with Crippen LogP contribution in [0.2, 0.25) is 0 Å². The van der Waals surface area contributed by atoms with Gasteiger partial charge in [-0.25, -0.2) is 4.79 Å². The second-order valence-electron chi connectivity index (χ2n) is 7.81. The van der Waals surface area contributed by atoms with Crippen LogP contribution < -0.4 is 4.74 Å². The van der Waals surface area contributed by atoms with E-state index in [1.165, 1.54) is 26.4 Å². The average molecular weight is 461 g/mol. The van der Waals surface area contributed by atoms with E-state index in [1.807, 2.05) is 6.92 Å². The predicted molar refractivity (Wildman–Crippen MR) is 120 cm³/mol. The summed E-state index contributed by atoms with van der Waals surface area (Å²) in [6, 6.07) is 11.2. The molecule has 0 aliphatic carbocycles. The molecule has 2 aromatic carbocycles. The van der Waals surface area contributed by atoms with Gasteiger partial charge in [-0.1, -0.05) is 29.5 Å². The molecule has 7 nitrogen and oxygen atoms in total. The van der Waals surface area contributed by atoms with Gasteiger partial charge in [-0.2, -0.15) is 8.42 Å². The molecule has 0 aliphatic rings. The summed E-state index contributed by atoms with van der Waals surface area (Å²) in [5.74, 6) is 5.31. The van der Waals surface area contributed by atoms with E-state index in [0.717, 1.165) is 5.56 Å². The molecule has 0 radical (unpaired) electrons. The largest absolute Gasteiger partial charge is 0.496 e. The van der Waals surface area contributed by atoms with Gasteiger partial charge >= 0.3 is 5.97 Å². The highest BCUT2D eigenvalue weighted by Crippen LogP contribution is 2.28. The zero-order valence-corrected chi connectivity index (χ0v) is 19.7. The van der Waals surface area contributed by atoms with Gasteiger partial charge in [0, 0.05) is 23.5 Å². The molecule has 0 fully saturated rings. The summed E-state index contributed by atoms with van der Waals surface area (Å²) < 4.78 is 40.1. The molecule has 2 aromatic rings. The molecule has 1 atom stereocenters. The van der Waals surface area contributed by atoms with Crippen molar-refractivity contribution in [2.45, 2.75) is 25.7 Å². The molecule has 0 saturated carbocycles. The van der Waals surface area contributed by atoms with Crippen LogP contribution in [0.4, 0.5) is 0 Å². The molecular weight excluding hydrogens is 432 g/mol. The summed E-state index contributed by atoms with van der Waals surface area (Å²) in [6.45, 7) is 4.92. The van der Waals surface area contributed by atoms with E-state index in [-0.39, 0.29) is 23.7 Å². The summed E-state index contributed by atoms with van der Waals surface area (Å²) in [6.07, 6.45) is 0. The van der Waals surface area contributed by atoms with Crippen LogP contribution in [0.1, 0.15) is 35.3 Å². The number of benzene rings is 2. The maximum atomic E-state index is 12.5. The normalized spacial score (nSPS) is 12.4. The Kier molecular flexibility index (Phi) is 8.44. The average Bonchev–Trinajstić information content (AvgIpc) is 2.77. The number of aliphatic hydroxyl groups is 1. The number of carbonyl (C=O) groups is 1. The lowest BCUT2D eigenvalue weighted by atomic mass is 9.80. The molecule has 0 spiro atoms. The van der Waals surface area contributed by atoms with Gasteiger partial charge in [-0.05, 0) is 51.1 Å². The quantitative estimate of drug-likeness (QED) is 0.367. The summed E-state index contributed by atoms with van der Waals surface area (Å²) in [5, 5.41) is 9.86. The molecule has 0 amide bonds. The minimum Gasteiger partial charge on any atom is -0.496 e. The Bertz CT molecular complexity index is 1110. The van der Waals surface area contributed by atoms with Crippen molar-refractivity contribution in [3.05, 3.63) is 59.2 Å². The first-order valence-corrected chi connectivity index (χ1v) is 11.3. The maximum absolute atomic E-state index is 12.5. The second-order valence-corrected chi connectivity index (χ2v) is 9.42. The van der Waals surface area contributed by atoms with Crippen molar-refractivity contribution in [1.29, 1.82) is 0 Å². The van der Waals surface area contributed by atoms with Crippen molar-refractivity contribution in [2.24, 2.45) is 11.3 Å². The maximum Gasteiger partial charge on any atom is 0.341 e. The van der Waals surface area contributed by atoms with Crippen LogP contribution in [0.3, 0.4) is 0 Å². The Balaban J connectivity index is 2.19. The highest BCUT2D eigenvalue weighted by molar-refractivity contribution is 7.86. The molecule has 172 valence electrons. The smallest absolute Gasteiger partial charge is 0.341 e. The number of hydrogen-bond acceptors (Lipinski definition) is 7. The zero-order chi connectivity index (χ0) is 23.9. The van der Waals surface area contributed by atoms with Crippen LogP contribution in [0, 0.1) is 30.1 Å². The lowest BCUT2D eigenvalue weighted by Crippen LogP contribution is -2.31. The second kappa shape index (κ2) is 10.6. The van der Waals surface area contributed by atoms with Gasteiger partial charge < -0.3 is 14.6 Å². The predicted octanol–water partition coefficient (Wildman–Crippen LogP) is 3.18. The van der Waals surface area contributed by atoms with Crippen molar-refractivity contribution < 1.29 is 32.0 Å². The van der Waals surface area contributed by atoms with Crippen molar-refractivity contribution in [2.75, 3.05) is 27.4 Å². The molecule has 0 aliphatic heterocycles. The fraction of sp³-hybridized carbons (Fsp3) is 0.375. The van der Waals surface area contributed by atoms with Crippen LogP contribution in [0.25, 0.3) is 0 Å². The lowest BCUT2D eigenvalue weighted by Gasteiger charge is -2.27.